The monoisotopic (exact) mass is 342 g/mol. The van der Waals surface area contributed by atoms with E-state index in [9.17, 15) is 0 Å². The normalized spacial score (nSPS) is 18.4. The highest BCUT2D eigenvalue weighted by Gasteiger charge is 2.44. The van der Waals surface area contributed by atoms with Crippen molar-refractivity contribution in [1.29, 1.82) is 0 Å². The molecule has 2 aliphatic rings. The molecule has 1 spiro atoms. The van der Waals surface area contributed by atoms with Gasteiger partial charge >= 0.3 is 0 Å². The summed E-state index contributed by atoms with van der Waals surface area (Å²) < 4.78 is 13.4. The number of fused-ring (bicyclic) bond motifs is 4. The van der Waals surface area contributed by atoms with Crippen LogP contribution in [0.4, 0.5) is 0 Å². The maximum absolute atomic E-state index is 6.13. The summed E-state index contributed by atoms with van der Waals surface area (Å²) in [6, 6.07) is 12.5. The van der Waals surface area contributed by atoms with E-state index in [2.05, 4.69) is 59.3 Å². The molecule has 0 unspecified atom stereocenters. The Morgan fingerprint density at radius 3 is 2.52 bits per heavy atom. The van der Waals surface area contributed by atoms with E-state index in [1.165, 1.54) is 11.1 Å². The first-order valence-corrected chi connectivity index (χ1v) is 7.87. The van der Waals surface area contributed by atoms with Crippen molar-refractivity contribution in [3.8, 4) is 0 Å². The van der Waals surface area contributed by atoms with Gasteiger partial charge in [0.25, 0.3) is 0 Å². The zero-order chi connectivity index (χ0) is 14.4. The first-order chi connectivity index (χ1) is 10.2. The lowest BCUT2D eigenvalue weighted by atomic mass is 9.91. The van der Waals surface area contributed by atoms with Gasteiger partial charge in [0.2, 0.25) is 5.79 Å². The third-order valence-electron chi connectivity index (χ3n) is 4.24. The molecule has 3 heteroatoms. The van der Waals surface area contributed by atoms with Gasteiger partial charge in [-0.2, -0.15) is 0 Å². The van der Waals surface area contributed by atoms with Crippen LogP contribution >= 0.6 is 15.9 Å². The molecule has 1 heterocycles. The Morgan fingerprint density at radius 1 is 0.952 bits per heavy atom. The van der Waals surface area contributed by atoms with Crippen LogP contribution in [0.3, 0.4) is 0 Å². The molecule has 0 saturated carbocycles. The highest BCUT2D eigenvalue weighted by Crippen LogP contribution is 2.45. The Bertz CT molecular complexity index is 743. The van der Waals surface area contributed by atoms with Crippen molar-refractivity contribution in [3.05, 3.63) is 68.7 Å². The molecule has 1 aliphatic heterocycles. The van der Waals surface area contributed by atoms with Gasteiger partial charge in [0, 0.05) is 15.6 Å². The van der Waals surface area contributed by atoms with Crippen molar-refractivity contribution in [1.82, 2.24) is 0 Å². The highest BCUT2D eigenvalue weighted by atomic mass is 79.9. The van der Waals surface area contributed by atoms with Crippen molar-refractivity contribution in [2.75, 3.05) is 13.2 Å². The molecular formula is C18H15BrO2. The van der Waals surface area contributed by atoms with Crippen LogP contribution in [0.5, 0.6) is 0 Å². The largest absolute Gasteiger partial charge is 0.340 e. The van der Waals surface area contributed by atoms with E-state index in [-0.39, 0.29) is 0 Å². The summed E-state index contributed by atoms with van der Waals surface area (Å²) >= 11 is 3.62. The van der Waals surface area contributed by atoms with E-state index in [4.69, 9.17) is 9.47 Å². The van der Waals surface area contributed by atoms with E-state index in [0.29, 0.717) is 13.2 Å². The van der Waals surface area contributed by atoms with Crippen LogP contribution in [0.15, 0.2) is 40.9 Å². The molecule has 0 radical (unpaired) electrons. The zero-order valence-electron chi connectivity index (χ0n) is 11.7. The summed E-state index contributed by atoms with van der Waals surface area (Å²) in [5.41, 5.74) is 5.68. The zero-order valence-corrected chi connectivity index (χ0v) is 13.3. The fourth-order valence-corrected chi connectivity index (χ4v) is 3.53. The van der Waals surface area contributed by atoms with Crippen molar-refractivity contribution in [2.45, 2.75) is 12.7 Å². The molecule has 2 aromatic carbocycles. The van der Waals surface area contributed by atoms with Crippen LogP contribution in [0.25, 0.3) is 12.2 Å². The summed E-state index contributed by atoms with van der Waals surface area (Å²) in [6.45, 7) is 3.34. The second-order valence-corrected chi connectivity index (χ2v) is 6.22. The molecule has 1 saturated heterocycles. The van der Waals surface area contributed by atoms with E-state index in [1.54, 1.807) is 0 Å². The molecule has 21 heavy (non-hydrogen) atoms. The predicted molar refractivity (Wildman–Crippen MR) is 86.9 cm³/mol. The molecule has 106 valence electrons. The summed E-state index contributed by atoms with van der Waals surface area (Å²) in [7, 11) is 0. The highest BCUT2D eigenvalue weighted by molar-refractivity contribution is 9.10. The van der Waals surface area contributed by atoms with Crippen LogP contribution in [0.1, 0.15) is 27.8 Å². The molecule has 1 fully saturated rings. The topological polar surface area (TPSA) is 18.5 Å². The lowest BCUT2D eigenvalue weighted by molar-refractivity contribution is -0.130. The second-order valence-electron chi connectivity index (χ2n) is 5.37. The second kappa shape index (κ2) is 4.80. The van der Waals surface area contributed by atoms with Crippen molar-refractivity contribution in [2.24, 2.45) is 0 Å². The van der Waals surface area contributed by atoms with E-state index in [0.717, 1.165) is 21.2 Å². The third kappa shape index (κ3) is 1.85. The van der Waals surface area contributed by atoms with Crippen LogP contribution in [0, 0.1) is 6.92 Å². The Labute approximate surface area is 132 Å². The van der Waals surface area contributed by atoms with Crippen LogP contribution in [-0.4, -0.2) is 13.2 Å². The maximum Gasteiger partial charge on any atom is 0.223 e. The minimum Gasteiger partial charge on any atom is -0.340 e. The van der Waals surface area contributed by atoms with E-state index in [1.807, 2.05) is 12.1 Å². The van der Waals surface area contributed by atoms with Gasteiger partial charge in [-0.05, 0) is 29.7 Å². The first kappa shape index (κ1) is 13.3. The minimum absolute atomic E-state index is 0.614. The van der Waals surface area contributed by atoms with Crippen molar-refractivity contribution >= 4 is 28.1 Å². The molecular weight excluding hydrogens is 328 g/mol. The fraction of sp³-hybridized carbons (Fsp3) is 0.222. The Balaban J connectivity index is 2.08. The van der Waals surface area contributed by atoms with Gasteiger partial charge < -0.3 is 9.47 Å². The minimum atomic E-state index is -0.777. The van der Waals surface area contributed by atoms with Gasteiger partial charge in [0.05, 0.1) is 13.2 Å². The number of hydrogen-bond acceptors (Lipinski definition) is 2. The van der Waals surface area contributed by atoms with Gasteiger partial charge in [-0.15, -0.1) is 0 Å². The number of benzene rings is 2. The summed E-state index contributed by atoms with van der Waals surface area (Å²) in [5, 5.41) is 0. The average molecular weight is 343 g/mol. The maximum atomic E-state index is 6.13. The van der Waals surface area contributed by atoms with Crippen molar-refractivity contribution < 1.29 is 9.47 Å². The third-order valence-corrected chi connectivity index (χ3v) is 5.10. The van der Waals surface area contributed by atoms with Gasteiger partial charge in [0.1, 0.15) is 0 Å². The number of hydrogen-bond donors (Lipinski definition) is 0. The molecule has 0 aromatic heterocycles. The predicted octanol–water partition coefficient (Wildman–Crippen LogP) is 4.49. The summed E-state index contributed by atoms with van der Waals surface area (Å²) in [6.07, 6.45) is 4.31. The molecule has 4 rings (SSSR count). The van der Waals surface area contributed by atoms with Crippen LogP contribution < -0.4 is 0 Å². The molecule has 1 aliphatic carbocycles. The Hall–Kier alpha value is -1.42. The first-order valence-electron chi connectivity index (χ1n) is 7.07. The number of ether oxygens (including phenoxy) is 2. The molecule has 0 atom stereocenters. The van der Waals surface area contributed by atoms with Gasteiger partial charge in [-0.1, -0.05) is 58.4 Å². The SMILES string of the molecule is Cc1c(Br)ccc2c1C=Cc1ccccc1C21OCCO1. The smallest absolute Gasteiger partial charge is 0.223 e. The molecule has 0 N–H and O–H groups in total. The lowest BCUT2D eigenvalue weighted by Crippen LogP contribution is -2.30. The van der Waals surface area contributed by atoms with Gasteiger partial charge in [0.15, 0.2) is 0 Å². The Kier molecular flexibility index (Phi) is 3.03. The van der Waals surface area contributed by atoms with Crippen LogP contribution in [0.2, 0.25) is 0 Å². The summed E-state index contributed by atoms with van der Waals surface area (Å²) in [4.78, 5) is 0. The molecule has 0 amide bonds. The molecule has 2 aromatic rings. The lowest BCUT2D eigenvalue weighted by Gasteiger charge is -2.30. The molecule has 2 nitrogen and oxygen atoms in total. The van der Waals surface area contributed by atoms with Gasteiger partial charge in [-0.3, -0.25) is 0 Å². The number of halogens is 1. The standard InChI is InChI=1S/C18H15BrO2/c1-12-14-7-6-13-4-2-3-5-15(13)18(20-10-11-21-18)16(14)8-9-17(12)19/h2-9H,10-11H2,1H3. The fourth-order valence-electron chi connectivity index (χ4n) is 3.19. The van der Waals surface area contributed by atoms with Gasteiger partial charge in [-0.25, -0.2) is 0 Å². The van der Waals surface area contributed by atoms with E-state index >= 15 is 0 Å². The summed E-state index contributed by atoms with van der Waals surface area (Å²) in [5.74, 6) is -0.777. The van der Waals surface area contributed by atoms with Crippen LogP contribution in [-0.2, 0) is 15.3 Å². The van der Waals surface area contributed by atoms with E-state index < -0.39 is 5.79 Å². The quantitative estimate of drug-likeness (QED) is 0.702. The molecule has 0 bridgehead atoms. The average Bonchev–Trinajstić information content (AvgIpc) is 2.94. The Morgan fingerprint density at radius 2 is 1.71 bits per heavy atom. The van der Waals surface area contributed by atoms with Crippen molar-refractivity contribution in [3.63, 3.8) is 0 Å². The number of rotatable bonds is 0.